The molecule has 10 nitrogen and oxygen atoms in total. The predicted molar refractivity (Wildman–Crippen MR) is 128 cm³/mol. The molecule has 0 saturated heterocycles. The Morgan fingerprint density at radius 1 is 0.972 bits per heavy atom. The summed E-state index contributed by atoms with van der Waals surface area (Å²) in [5.74, 6) is -2.89. The molecule has 0 atom stereocenters. The molecule has 1 aliphatic rings. The van der Waals surface area contributed by atoms with Crippen LogP contribution >= 0.6 is 0 Å². The van der Waals surface area contributed by atoms with Gasteiger partial charge in [-0.1, -0.05) is 42.0 Å². The number of amides is 3. The lowest BCUT2D eigenvalue weighted by Crippen LogP contribution is -2.35. The van der Waals surface area contributed by atoms with Gasteiger partial charge >= 0.3 is 5.97 Å². The zero-order chi connectivity index (χ0) is 25.8. The van der Waals surface area contributed by atoms with Crippen LogP contribution in [-0.2, 0) is 9.53 Å². The minimum absolute atomic E-state index is 0.193. The Morgan fingerprint density at radius 2 is 1.61 bits per heavy atom. The second-order valence-corrected chi connectivity index (χ2v) is 7.88. The van der Waals surface area contributed by atoms with Gasteiger partial charge in [-0.3, -0.25) is 24.5 Å². The third-order valence-corrected chi connectivity index (χ3v) is 5.38. The van der Waals surface area contributed by atoms with Crippen molar-refractivity contribution >= 4 is 35.5 Å². The molecule has 1 N–H and O–H groups in total. The third-order valence-electron chi connectivity index (χ3n) is 5.38. The summed E-state index contributed by atoms with van der Waals surface area (Å²) in [6.07, 6.45) is 1.21. The summed E-state index contributed by atoms with van der Waals surface area (Å²) in [4.78, 5) is 62.1. The van der Waals surface area contributed by atoms with Crippen molar-refractivity contribution in [2.45, 2.75) is 6.92 Å². The number of hydrogen-bond donors (Lipinski definition) is 1. The molecule has 180 valence electrons. The van der Waals surface area contributed by atoms with E-state index in [1.54, 1.807) is 36.4 Å². The Hall–Kier alpha value is -5.12. The Kier molecular flexibility index (Phi) is 6.68. The van der Waals surface area contributed by atoms with Crippen molar-refractivity contribution in [3.63, 3.8) is 0 Å². The Morgan fingerprint density at radius 3 is 2.22 bits per heavy atom. The molecule has 4 rings (SSSR count). The van der Waals surface area contributed by atoms with Gasteiger partial charge in [-0.2, -0.15) is 0 Å². The fourth-order valence-electron chi connectivity index (χ4n) is 3.50. The van der Waals surface area contributed by atoms with Crippen LogP contribution in [0.4, 0.5) is 5.69 Å². The van der Waals surface area contributed by atoms with Gasteiger partial charge < -0.3 is 10.1 Å². The minimum atomic E-state index is -1.04. The maximum Gasteiger partial charge on any atom is 0.356 e. The van der Waals surface area contributed by atoms with Crippen LogP contribution in [-0.4, -0.2) is 40.2 Å². The number of carbonyl (C=O) groups excluding carboxylic acids is 4. The van der Waals surface area contributed by atoms with Crippen LogP contribution in [0.25, 0.3) is 6.08 Å². The second-order valence-electron chi connectivity index (χ2n) is 7.88. The first-order valence-electron chi connectivity index (χ1n) is 10.7. The van der Waals surface area contributed by atoms with Crippen LogP contribution in [0.2, 0.25) is 0 Å². The Labute approximate surface area is 204 Å². The first kappa shape index (κ1) is 24.0. The lowest BCUT2D eigenvalue weighted by molar-refractivity contribution is -0.384. The number of aryl methyl sites for hydroxylation is 1. The molecule has 0 spiro atoms. The molecule has 0 aromatic heterocycles. The Balaban J connectivity index is 1.57. The van der Waals surface area contributed by atoms with Crippen LogP contribution < -0.4 is 5.32 Å². The highest BCUT2D eigenvalue weighted by atomic mass is 16.6. The molecule has 3 aromatic rings. The summed E-state index contributed by atoms with van der Waals surface area (Å²) in [5, 5.41) is 13.6. The summed E-state index contributed by atoms with van der Waals surface area (Å²) < 4.78 is 5.19. The van der Waals surface area contributed by atoms with Crippen molar-refractivity contribution in [2.75, 3.05) is 6.73 Å². The van der Waals surface area contributed by atoms with Crippen LogP contribution in [0.1, 0.15) is 42.2 Å². The minimum Gasteiger partial charge on any atom is -0.439 e. The summed E-state index contributed by atoms with van der Waals surface area (Å²) in [5.41, 5.74) is 1.28. The van der Waals surface area contributed by atoms with E-state index >= 15 is 0 Å². The van der Waals surface area contributed by atoms with Crippen LogP contribution in [0.5, 0.6) is 0 Å². The number of hydrogen-bond acceptors (Lipinski definition) is 7. The van der Waals surface area contributed by atoms with Crippen molar-refractivity contribution in [1.29, 1.82) is 0 Å². The van der Waals surface area contributed by atoms with E-state index in [4.69, 9.17) is 4.74 Å². The van der Waals surface area contributed by atoms with Crippen molar-refractivity contribution < 1.29 is 28.8 Å². The first-order chi connectivity index (χ1) is 17.2. The standard InChI is InChI=1S/C26H19N3O7/c1-16-9-11-18(12-10-16)23(30)27-22(14-17-5-4-6-19(13-17)29(34)35)26(33)36-15-28-24(31)20-7-2-3-8-21(20)25(28)32/h2-14H,15H2,1H3,(H,27,30)/b22-14-. The molecule has 36 heavy (non-hydrogen) atoms. The molecule has 3 aromatic carbocycles. The zero-order valence-electron chi connectivity index (χ0n) is 19.0. The molecule has 0 fully saturated rings. The summed E-state index contributed by atoms with van der Waals surface area (Å²) in [6.45, 7) is 1.17. The quantitative estimate of drug-likeness (QED) is 0.178. The molecule has 3 amide bonds. The topological polar surface area (TPSA) is 136 Å². The summed E-state index contributed by atoms with van der Waals surface area (Å²) in [7, 11) is 0. The highest BCUT2D eigenvalue weighted by Crippen LogP contribution is 2.22. The Bertz CT molecular complexity index is 1390. The second kappa shape index (κ2) is 10.0. The molecule has 1 heterocycles. The van der Waals surface area contributed by atoms with Gasteiger partial charge in [-0.05, 0) is 42.8 Å². The van der Waals surface area contributed by atoms with E-state index in [0.29, 0.717) is 0 Å². The van der Waals surface area contributed by atoms with Gasteiger partial charge in [-0.25, -0.2) is 9.69 Å². The first-order valence-corrected chi connectivity index (χ1v) is 10.7. The monoisotopic (exact) mass is 485 g/mol. The van der Waals surface area contributed by atoms with E-state index in [-0.39, 0.29) is 33.6 Å². The van der Waals surface area contributed by atoms with E-state index < -0.39 is 35.3 Å². The molecular weight excluding hydrogens is 466 g/mol. The molecule has 0 unspecified atom stereocenters. The molecule has 0 radical (unpaired) electrons. The number of nitro groups is 1. The molecule has 0 aliphatic carbocycles. The van der Waals surface area contributed by atoms with Gasteiger partial charge in [-0.15, -0.1) is 0 Å². The maximum absolute atomic E-state index is 12.9. The fraction of sp³-hybridized carbons (Fsp3) is 0.0769. The number of imide groups is 1. The summed E-state index contributed by atoms with van der Waals surface area (Å²) >= 11 is 0. The number of nitro benzene ring substituents is 1. The SMILES string of the molecule is Cc1ccc(C(=O)N/C(=C\c2cccc([N+](=O)[O-])c2)C(=O)OCN2C(=O)c3ccccc3C2=O)cc1. The summed E-state index contributed by atoms with van der Waals surface area (Å²) in [6, 6.07) is 18.2. The average Bonchev–Trinajstić information content (AvgIpc) is 3.12. The number of rotatable bonds is 7. The lowest BCUT2D eigenvalue weighted by atomic mass is 10.1. The van der Waals surface area contributed by atoms with Gasteiger partial charge in [0, 0.05) is 17.7 Å². The molecule has 0 bridgehead atoms. The fourth-order valence-corrected chi connectivity index (χ4v) is 3.50. The van der Waals surface area contributed by atoms with Crippen LogP contribution in [0, 0.1) is 17.0 Å². The molecular formula is C26H19N3O7. The van der Waals surface area contributed by atoms with Crippen molar-refractivity contribution in [2.24, 2.45) is 0 Å². The third kappa shape index (κ3) is 5.02. The lowest BCUT2D eigenvalue weighted by Gasteiger charge is -2.15. The number of nitrogens with one attached hydrogen (secondary N) is 1. The van der Waals surface area contributed by atoms with Crippen LogP contribution in [0.3, 0.4) is 0 Å². The molecule has 1 aliphatic heterocycles. The number of non-ortho nitro benzene ring substituents is 1. The van der Waals surface area contributed by atoms with E-state index in [0.717, 1.165) is 10.5 Å². The van der Waals surface area contributed by atoms with E-state index in [2.05, 4.69) is 5.32 Å². The smallest absolute Gasteiger partial charge is 0.356 e. The van der Waals surface area contributed by atoms with Crippen LogP contribution in [0.15, 0.2) is 78.5 Å². The van der Waals surface area contributed by atoms with Gasteiger partial charge in [0.2, 0.25) is 0 Å². The number of ether oxygens (including phenoxy) is 1. The number of carbonyl (C=O) groups is 4. The number of fused-ring (bicyclic) bond motifs is 1. The molecule has 10 heteroatoms. The number of benzene rings is 3. The van der Waals surface area contributed by atoms with Gasteiger partial charge in [0.1, 0.15) is 5.70 Å². The van der Waals surface area contributed by atoms with Crippen molar-refractivity contribution in [3.05, 3.63) is 116 Å². The largest absolute Gasteiger partial charge is 0.439 e. The van der Waals surface area contributed by atoms with E-state index in [1.807, 2.05) is 6.92 Å². The van der Waals surface area contributed by atoms with Gasteiger partial charge in [0.05, 0.1) is 16.1 Å². The van der Waals surface area contributed by atoms with E-state index in [9.17, 15) is 29.3 Å². The van der Waals surface area contributed by atoms with Crippen molar-refractivity contribution in [1.82, 2.24) is 10.2 Å². The highest BCUT2D eigenvalue weighted by Gasteiger charge is 2.36. The van der Waals surface area contributed by atoms with Gasteiger partial charge in [0.25, 0.3) is 23.4 Å². The number of nitrogens with zero attached hydrogens (tertiary/aromatic N) is 2. The predicted octanol–water partition coefficient (Wildman–Crippen LogP) is 3.47. The van der Waals surface area contributed by atoms with Gasteiger partial charge in [0.15, 0.2) is 6.73 Å². The average molecular weight is 485 g/mol. The highest BCUT2D eigenvalue weighted by molar-refractivity contribution is 6.21. The van der Waals surface area contributed by atoms with E-state index in [1.165, 1.54) is 42.5 Å². The number of esters is 1. The molecule has 0 saturated carbocycles. The van der Waals surface area contributed by atoms with Crippen molar-refractivity contribution in [3.8, 4) is 0 Å². The zero-order valence-corrected chi connectivity index (χ0v) is 19.0. The normalized spacial score (nSPS) is 12.8. The maximum atomic E-state index is 12.9.